The third-order valence-corrected chi connectivity index (χ3v) is 18.2. The van der Waals surface area contributed by atoms with Gasteiger partial charge >= 0.3 is 0 Å². The van der Waals surface area contributed by atoms with Gasteiger partial charge in [-0.3, -0.25) is 13.7 Å². The average Bonchev–Trinajstić information content (AvgIpc) is 2.14. The zero-order valence-corrected chi connectivity index (χ0v) is 47.1. The van der Waals surface area contributed by atoms with Gasteiger partial charge in [0.1, 0.15) is 17.3 Å². The second-order valence-corrected chi connectivity index (χ2v) is 25.8. The van der Waals surface area contributed by atoms with Gasteiger partial charge in [0.25, 0.3) is 6.33 Å². The van der Waals surface area contributed by atoms with Crippen LogP contribution < -0.4 is 9.30 Å². The molecular formula is C75H64N4O. The van der Waals surface area contributed by atoms with Crippen molar-refractivity contribution in [2.24, 2.45) is 0 Å². The van der Waals surface area contributed by atoms with Crippen LogP contribution >= 0.6 is 0 Å². The van der Waals surface area contributed by atoms with E-state index in [1.54, 1.807) is 0 Å². The highest BCUT2D eigenvalue weighted by atomic mass is 16.5. The van der Waals surface area contributed by atoms with Gasteiger partial charge in [0.15, 0.2) is 0 Å². The van der Waals surface area contributed by atoms with Crippen molar-refractivity contribution in [2.75, 3.05) is 0 Å². The number of fused-ring (bicyclic) bond motifs is 11. The summed E-state index contributed by atoms with van der Waals surface area (Å²) in [6.45, 7) is 20.8. The van der Waals surface area contributed by atoms with Crippen LogP contribution in [-0.4, -0.2) is 14.1 Å². The SMILES string of the molecule is CC(C)(C)c1cc(-c2cccc(C34c5ccccc5C5c6ccccc6C53c3ccccc34)c2-[n+]2[c-]n(-c3cccc(Oc4ccc5c6ccccc6n(-c6cc(C(C)(C)C)ccn6)c5c4)c3)c3ccccc32)cc(C(C)(C)C)c1. The molecule has 12 aromatic rings. The Morgan fingerprint density at radius 2 is 1.07 bits per heavy atom. The lowest BCUT2D eigenvalue weighted by Crippen LogP contribution is -2.64. The van der Waals surface area contributed by atoms with Gasteiger partial charge in [0.2, 0.25) is 0 Å². The van der Waals surface area contributed by atoms with E-state index in [4.69, 9.17) is 9.72 Å². The molecular weight excluding hydrogens is 973 g/mol. The van der Waals surface area contributed by atoms with Crippen molar-refractivity contribution in [3.05, 3.63) is 280 Å². The van der Waals surface area contributed by atoms with Crippen LogP contribution in [-0.2, 0) is 27.1 Å². The van der Waals surface area contributed by atoms with Crippen molar-refractivity contribution in [3.63, 3.8) is 0 Å². The Hall–Kier alpha value is -8.80. The summed E-state index contributed by atoms with van der Waals surface area (Å²) in [4.78, 5) is 4.94. The molecule has 5 nitrogen and oxygen atoms in total. The second kappa shape index (κ2) is 16.9. The largest absolute Gasteiger partial charge is 0.458 e. The summed E-state index contributed by atoms with van der Waals surface area (Å²) >= 11 is 0. The minimum Gasteiger partial charge on any atom is -0.458 e. The molecule has 5 heteroatoms. The molecule has 0 saturated carbocycles. The number of hydrogen-bond donors (Lipinski definition) is 0. The Kier molecular flexibility index (Phi) is 10.2. The van der Waals surface area contributed by atoms with Crippen LogP contribution in [0.2, 0.25) is 0 Å². The predicted octanol–water partition coefficient (Wildman–Crippen LogP) is 17.6. The second-order valence-electron chi connectivity index (χ2n) is 25.8. The van der Waals surface area contributed by atoms with Gasteiger partial charge in [0.05, 0.1) is 38.9 Å². The molecule has 1 spiro atoms. The zero-order valence-electron chi connectivity index (χ0n) is 47.1. The van der Waals surface area contributed by atoms with Crippen LogP contribution in [0.3, 0.4) is 0 Å². The van der Waals surface area contributed by atoms with Crippen molar-refractivity contribution in [2.45, 2.75) is 95.3 Å². The van der Waals surface area contributed by atoms with E-state index in [0.717, 1.165) is 56.1 Å². The molecule has 3 aromatic heterocycles. The molecule has 0 fully saturated rings. The highest BCUT2D eigenvalue weighted by Crippen LogP contribution is 2.81. The number of nitrogens with zero attached hydrogens (tertiary/aromatic N) is 4. The van der Waals surface area contributed by atoms with Crippen LogP contribution in [0.5, 0.6) is 11.5 Å². The maximum absolute atomic E-state index is 6.95. The number of benzene rings is 9. The zero-order chi connectivity index (χ0) is 54.7. The predicted molar refractivity (Wildman–Crippen MR) is 326 cm³/mol. The normalized spacial score (nSPS) is 18.0. The summed E-state index contributed by atoms with van der Waals surface area (Å²) in [7, 11) is 0. The third-order valence-electron chi connectivity index (χ3n) is 18.2. The first kappa shape index (κ1) is 48.3. The summed E-state index contributed by atoms with van der Waals surface area (Å²) < 4.78 is 13.8. The maximum atomic E-state index is 6.95. The lowest BCUT2D eigenvalue weighted by atomic mass is 9.35. The number of ether oxygens (including phenoxy) is 1. The molecule has 3 heterocycles. The quantitative estimate of drug-likeness (QED) is 0.118. The van der Waals surface area contributed by atoms with Crippen molar-refractivity contribution >= 4 is 32.8 Å². The van der Waals surface area contributed by atoms with Gasteiger partial charge in [-0.05, 0) is 132 Å². The number of hydrogen-bond acceptors (Lipinski definition) is 2. The molecule has 0 amide bonds. The lowest BCUT2D eigenvalue weighted by Gasteiger charge is -2.65. The first-order chi connectivity index (χ1) is 38.6. The average molecular weight is 1040 g/mol. The third kappa shape index (κ3) is 6.64. The number of imidazole rings is 1. The van der Waals surface area contributed by atoms with E-state index in [0.29, 0.717) is 0 Å². The van der Waals surface area contributed by atoms with Crippen LogP contribution in [0.15, 0.2) is 219 Å². The molecule has 0 radical (unpaired) electrons. The molecule has 0 bridgehead atoms. The molecule has 0 saturated heterocycles. The van der Waals surface area contributed by atoms with Gasteiger partial charge in [-0.2, -0.15) is 0 Å². The standard InChI is InChI=1S/C75H64N4O/c1-71(2,3)48-38-39-76-68(43-48)79-64-33-17-12-24-55(64)56-37-36-53(45-67(56)79)80-52-23-20-22-51(44-52)77-46-78(66-35-19-18-34-65(66)77)70-54(47-40-49(72(4,5)6)42-50(41-47)73(7,8)9)27-21-32-63(70)74-59-28-13-10-25-57(59)69-58-26-11-14-29-60(58)75(69,74)62-31-16-15-30-61(62)74/h10-45,69H,1-9H3. The van der Waals surface area contributed by atoms with Crippen LogP contribution in [0.1, 0.15) is 124 Å². The van der Waals surface area contributed by atoms with Crippen LogP contribution in [0.4, 0.5) is 0 Å². The Labute approximate surface area is 469 Å². The van der Waals surface area contributed by atoms with E-state index in [9.17, 15) is 0 Å². The van der Waals surface area contributed by atoms with E-state index >= 15 is 0 Å². The fraction of sp³-hybridized carbons (Fsp3) is 0.200. The molecule has 80 heavy (non-hydrogen) atoms. The number of para-hydroxylation sites is 4. The Balaban J connectivity index is 0.942. The van der Waals surface area contributed by atoms with E-state index in [-0.39, 0.29) is 27.6 Å². The van der Waals surface area contributed by atoms with Gasteiger partial charge in [-0.1, -0.05) is 220 Å². The van der Waals surface area contributed by atoms with Crippen molar-refractivity contribution in [1.29, 1.82) is 0 Å². The molecule has 390 valence electrons. The maximum Gasteiger partial charge on any atom is 0.269 e. The highest BCUT2D eigenvalue weighted by Gasteiger charge is 2.78. The molecule has 3 unspecified atom stereocenters. The minimum absolute atomic E-state index is 0.0302. The first-order valence-corrected chi connectivity index (χ1v) is 28.4. The van der Waals surface area contributed by atoms with Gasteiger partial charge in [-0.15, -0.1) is 0 Å². The Bertz CT molecular complexity index is 4510. The monoisotopic (exact) mass is 1040 g/mol. The summed E-state index contributed by atoms with van der Waals surface area (Å²) in [5.74, 6) is 2.58. The molecule has 15 rings (SSSR count). The Morgan fingerprint density at radius 1 is 0.475 bits per heavy atom. The van der Waals surface area contributed by atoms with E-state index in [2.05, 4.69) is 295 Å². The molecule has 3 atom stereocenters. The topological polar surface area (TPSA) is 35.9 Å². The molecule has 3 aliphatic carbocycles. The minimum atomic E-state index is -0.505. The van der Waals surface area contributed by atoms with Gasteiger partial charge in [0, 0.05) is 34.4 Å². The van der Waals surface area contributed by atoms with E-state index in [1.807, 2.05) is 6.20 Å². The number of pyridine rings is 1. The fourth-order valence-corrected chi connectivity index (χ4v) is 14.5. The smallest absolute Gasteiger partial charge is 0.269 e. The summed E-state index contributed by atoms with van der Waals surface area (Å²) in [6.07, 6.45) is 6.02. The Morgan fingerprint density at radius 3 is 1.82 bits per heavy atom. The molecule has 0 N–H and O–H groups in total. The lowest BCUT2D eigenvalue weighted by molar-refractivity contribution is -0.572. The summed E-state index contributed by atoms with van der Waals surface area (Å²) in [6, 6.07) is 79.1. The van der Waals surface area contributed by atoms with E-state index < -0.39 is 5.41 Å². The number of rotatable bonds is 7. The van der Waals surface area contributed by atoms with E-state index in [1.165, 1.54) is 72.1 Å². The number of aromatic nitrogens is 4. The molecule has 3 aliphatic rings. The molecule has 0 aliphatic heterocycles. The van der Waals surface area contributed by atoms with Gasteiger partial charge < -0.3 is 4.74 Å². The highest BCUT2D eigenvalue weighted by molar-refractivity contribution is 6.09. The van der Waals surface area contributed by atoms with Crippen molar-refractivity contribution < 1.29 is 9.30 Å². The van der Waals surface area contributed by atoms with Gasteiger partial charge in [-0.25, -0.2) is 4.98 Å². The summed E-state index contributed by atoms with van der Waals surface area (Å²) in [5.41, 5.74) is 21.4. The van der Waals surface area contributed by atoms with Crippen molar-refractivity contribution in [1.82, 2.24) is 14.1 Å². The molecule has 9 aromatic carbocycles. The van der Waals surface area contributed by atoms with Crippen molar-refractivity contribution in [3.8, 4) is 39.8 Å². The van der Waals surface area contributed by atoms with Crippen LogP contribution in [0.25, 0.3) is 61.2 Å². The van der Waals surface area contributed by atoms with Crippen LogP contribution in [0, 0.1) is 6.33 Å². The fourth-order valence-electron chi connectivity index (χ4n) is 14.5. The first-order valence-electron chi connectivity index (χ1n) is 28.4. The summed E-state index contributed by atoms with van der Waals surface area (Å²) in [5, 5.41) is 2.32.